The smallest absolute Gasteiger partial charge is 0.268 e. The Hall–Kier alpha value is -1.02. The number of nitrogens with one attached hydrogen (secondary N) is 2. The Morgan fingerprint density at radius 3 is 2.89 bits per heavy atom. The third-order valence-electron chi connectivity index (χ3n) is 2.63. The fraction of sp³-hybridized carbons (Fsp3) is 0.167. The Balaban J connectivity index is 1.72. The predicted octanol–water partition coefficient (Wildman–Crippen LogP) is 3.10. The quantitative estimate of drug-likeness (QED) is 0.755. The zero-order valence-electron chi connectivity index (χ0n) is 9.77. The van der Waals surface area contributed by atoms with Crippen molar-refractivity contribution in [3.8, 4) is 0 Å². The molecule has 0 spiro atoms. The largest absolute Gasteiger partial charge is 0.308 e. The number of aromatic amines is 1. The van der Waals surface area contributed by atoms with Gasteiger partial charge in [0, 0.05) is 15.9 Å². The van der Waals surface area contributed by atoms with Crippen LogP contribution in [0.5, 0.6) is 0 Å². The minimum absolute atomic E-state index is 0.0610. The maximum Gasteiger partial charge on any atom is 0.268 e. The summed E-state index contributed by atoms with van der Waals surface area (Å²) in [4.78, 5) is 20.2. The van der Waals surface area contributed by atoms with Gasteiger partial charge in [-0.3, -0.25) is 4.79 Å². The van der Waals surface area contributed by atoms with Gasteiger partial charge in [-0.2, -0.15) is 0 Å². The number of fused-ring (bicyclic) bond motifs is 1. The molecule has 0 aliphatic rings. The first-order valence-electron chi connectivity index (χ1n) is 5.63. The average Bonchev–Trinajstić information content (AvgIpc) is 2.99. The number of H-pyrrole nitrogens is 1. The molecule has 3 aromatic heterocycles. The minimum atomic E-state index is -0.0610. The van der Waals surface area contributed by atoms with Crippen molar-refractivity contribution < 1.29 is 0 Å². The number of hydrogen-bond acceptors (Lipinski definition) is 5. The molecule has 0 radical (unpaired) electrons. The summed E-state index contributed by atoms with van der Waals surface area (Å²) in [7, 11) is 0. The second-order valence-corrected chi connectivity index (χ2v) is 6.71. The third kappa shape index (κ3) is 2.79. The predicted molar refractivity (Wildman–Crippen MR) is 82.8 cm³/mol. The lowest BCUT2D eigenvalue weighted by atomic mass is 10.4. The van der Waals surface area contributed by atoms with Crippen molar-refractivity contribution >= 4 is 48.8 Å². The van der Waals surface area contributed by atoms with Crippen molar-refractivity contribution in [1.82, 2.24) is 15.3 Å². The highest BCUT2D eigenvalue weighted by molar-refractivity contribution is 9.10. The molecular weight excluding hydrogens is 346 g/mol. The van der Waals surface area contributed by atoms with Gasteiger partial charge in [-0.1, -0.05) is 0 Å². The van der Waals surface area contributed by atoms with Crippen molar-refractivity contribution in [1.29, 1.82) is 0 Å². The van der Waals surface area contributed by atoms with Crippen LogP contribution in [0.25, 0.3) is 10.2 Å². The molecule has 98 valence electrons. The van der Waals surface area contributed by atoms with Gasteiger partial charge in [0.1, 0.15) is 10.5 Å². The van der Waals surface area contributed by atoms with E-state index in [1.807, 2.05) is 22.9 Å². The zero-order chi connectivity index (χ0) is 13.2. The molecule has 0 aliphatic heterocycles. The van der Waals surface area contributed by atoms with Crippen LogP contribution in [0.4, 0.5) is 0 Å². The lowest BCUT2D eigenvalue weighted by Crippen LogP contribution is -2.18. The number of hydrogen-bond donors (Lipinski definition) is 2. The SMILES string of the molecule is O=c1[nH]c(CNCc2sccc2Br)nc2ccsc12. The minimum Gasteiger partial charge on any atom is -0.308 e. The van der Waals surface area contributed by atoms with Crippen LogP contribution in [0.3, 0.4) is 0 Å². The van der Waals surface area contributed by atoms with Crippen molar-refractivity contribution in [2.24, 2.45) is 0 Å². The van der Waals surface area contributed by atoms with Gasteiger partial charge in [-0.25, -0.2) is 4.98 Å². The Morgan fingerprint density at radius 2 is 2.11 bits per heavy atom. The molecule has 0 aromatic carbocycles. The van der Waals surface area contributed by atoms with Crippen LogP contribution < -0.4 is 10.9 Å². The lowest BCUT2D eigenvalue weighted by molar-refractivity contribution is 0.668. The molecule has 0 amide bonds. The Labute approximate surface area is 125 Å². The van der Waals surface area contributed by atoms with E-state index in [1.165, 1.54) is 16.2 Å². The van der Waals surface area contributed by atoms with E-state index < -0.39 is 0 Å². The van der Waals surface area contributed by atoms with E-state index in [2.05, 4.69) is 31.2 Å². The van der Waals surface area contributed by atoms with E-state index in [0.717, 1.165) is 16.5 Å². The summed E-state index contributed by atoms with van der Waals surface area (Å²) in [5.74, 6) is 0.670. The van der Waals surface area contributed by atoms with Gasteiger partial charge >= 0.3 is 0 Å². The molecule has 0 aliphatic carbocycles. The van der Waals surface area contributed by atoms with Crippen molar-refractivity contribution in [3.05, 3.63) is 48.4 Å². The highest BCUT2D eigenvalue weighted by atomic mass is 79.9. The fourth-order valence-corrected chi connectivity index (χ4v) is 3.94. The van der Waals surface area contributed by atoms with E-state index in [0.29, 0.717) is 17.1 Å². The number of halogens is 1. The summed E-state index contributed by atoms with van der Waals surface area (Å²) >= 11 is 6.60. The van der Waals surface area contributed by atoms with Gasteiger partial charge in [-0.05, 0) is 38.8 Å². The fourth-order valence-electron chi connectivity index (χ4n) is 1.75. The second-order valence-electron chi connectivity index (χ2n) is 3.94. The van der Waals surface area contributed by atoms with E-state index in [-0.39, 0.29) is 5.56 Å². The average molecular weight is 356 g/mol. The van der Waals surface area contributed by atoms with Crippen LogP contribution in [-0.2, 0) is 13.1 Å². The van der Waals surface area contributed by atoms with Crippen LogP contribution in [0.1, 0.15) is 10.7 Å². The van der Waals surface area contributed by atoms with Gasteiger partial charge in [0.05, 0.1) is 12.1 Å². The molecule has 0 bridgehead atoms. The zero-order valence-corrected chi connectivity index (χ0v) is 13.0. The molecule has 19 heavy (non-hydrogen) atoms. The molecule has 3 aromatic rings. The maximum atomic E-state index is 11.8. The first-order valence-corrected chi connectivity index (χ1v) is 8.18. The maximum absolute atomic E-state index is 11.8. The summed E-state index contributed by atoms with van der Waals surface area (Å²) in [5, 5.41) is 7.20. The molecule has 0 fully saturated rings. The van der Waals surface area contributed by atoms with Gasteiger partial charge in [0.25, 0.3) is 5.56 Å². The Kier molecular flexibility index (Phi) is 3.79. The highest BCUT2D eigenvalue weighted by Gasteiger charge is 2.05. The van der Waals surface area contributed by atoms with Crippen molar-refractivity contribution in [2.45, 2.75) is 13.1 Å². The van der Waals surface area contributed by atoms with Crippen molar-refractivity contribution in [3.63, 3.8) is 0 Å². The molecule has 0 saturated carbocycles. The number of thiophene rings is 2. The van der Waals surface area contributed by atoms with E-state index >= 15 is 0 Å². The molecule has 0 unspecified atom stereocenters. The van der Waals surface area contributed by atoms with Gasteiger partial charge in [0.15, 0.2) is 0 Å². The summed E-state index contributed by atoms with van der Waals surface area (Å²) in [5.41, 5.74) is 0.706. The van der Waals surface area contributed by atoms with Gasteiger partial charge in [0.2, 0.25) is 0 Å². The molecule has 3 rings (SSSR count). The topological polar surface area (TPSA) is 57.8 Å². The number of rotatable bonds is 4. The van der Waals surface area contributed by atoms with Crippen LogP contribution in [0.2, 0.25) is 0 Å². The van der Waals surface area contributed by atoms with Crippen molar-refractivity contribution in [2.75, 3.05) is 0 Å². The highest BCUT2D eigenvalue weighted by Crippen LogP contribution is 2.22. The normalized spacial score (nSPS) is 11.2. The van der Waals surface area contributed by atoms with Crippen LogP contribution >= 0.6 is 38.6 Å². The van der Waals surface area contributed by atoms with Crippen LogP contribution in [-0.4, -0.2) is 9.97 Å². The standard InChI is InChI=1S/C12H10BrN3OS2/c13-7-1-3-18-9(7)5-14-6-10-15-8-2-4-19-11(8)12(17)16-10/h1-4,14H,5-6H2,(H,15,16,17). The molecule has 3 heterocycles. The molecule has 2 N–H and O–H groups in total. The Morgan fingerprint density at radius 1 is 1.26 bits per heavy atom. The molecular formula is C12H10BrN3OS2. The Bertz CT molecular complexity index is 762. The molecule has 0 atom stereocenters. The van der Waals surface area contributed by atoms with Crippen LogP contribution in [0.15, 0.2) is 32.2 Å². The van der Waals surface area contributed by atoms with E-state index in [4.69, 9.17) is 0 Å². The molecule has 4 nitrogen and oxygen atoms in total. The lowest BCUT2D eigenvalue weighted by Gasteiger charge is -2.03. The molecule has 7 heteroatoms. The number of aromatic nitrogens is 2. The summed E-state index contributed by atoms with van der Waals surface area (Å²) in [6.45, 7) is 1.30. The van der Waals surface area contributed by atoms with Crippen LogP contribution in [0, 0.1) is 0 Å². The summed E-state index contributed by atoms with van der Waals surface area (Å²) in [6, 6.07) is 3.90. The number of nitrogens with zero attached hydrogens (tertiary/aromatic N) is 1. The first-order chi connectivity index (χ1) is 9.24. The monoisotopic (exact) mass is 355 g/mol. The summed E-state index contributed by atoms with van der Waals surface area (Å²) < 4.78 is 1.80. The molecule has 0 saturated heterocycles. The summed E-state index contributed by atoms with van der Waals surface area (Å²) in [6.07, 6.45) is 0. The van der Waals surface area contributed by atoms with E-state index in [9.17, 15) is 4.79 Å². The first kappa shape index (κ1) is 13.0. The van der Waals surface area contributed by atoms with Gasteiger partial charge < -0.3 is 10.3 Å². The van der Waals surface area contributed by atoms with E-state index in [1.54, 1.807) is 11.3 Å². The second kappa shape index (κ2) is 5.54. The third-order valence-corrected chi connectivity index (χ3v) is 5.46. The van der Waals surface area contributed by atoms with Gasteiger partial charge in [-0.15, -0.1) is 22.7 Å².